The van der Waals surface area contributed by atoms with Gasteiger partial charge in [0.15, 0.2) is 23.3 Å². The molecular weight excluding hydrogens is 356 g/mol. The fourth-order valence-corrected chi connectivity index (χ4v) is 1.63. The van der Waals surface area contributed by atoms with Crippen LogP contribution in [0.2, 0.25) is 5.02 Å². The minimum absolute atomic E-state index is 0.356. The smallest absolute Gasteiger partial charge is 0.343 e. The Balaban J connectivity index is 3.56. The molecule has 0 bridgehead atoms. The third kappa shape index (κ3) is 3.76. The van der Waals surface area contributed by atoms with Gasteiger partial charge in [-0.2, -0.15) is 0 Å². The van der Waals surface area contributed by atoms with Crippen LogP contribution in [0.3, 0.4) is 0 Å². The third-order valence-electron chi connectivity index (χ3n) is 2.40. The molecule has 0 aliphatic heterocycles. The van der Waals surface area contributed by atoms with Crippen LogP contribution in [0, 0.1) is 23.3 Å². The normalized spacial score (nSPS) is 11.4. The molecule has 0 radical (unpaired) electrons. The molecule has 0 amide bonds. The van der Waals surface area contributed by atoms with E-state index < -0.39 is 62.7 Å². The van der Waals surface area contributed by atoms with Gasteiger partial charge in [0.1, 0.15) is 10.6 Å². The van der Waals surface area contributed by atoms with Crippen LogP contribution in [0.25, 0.3) is 0 Å². The van der Waals surface area contributed by atoms with Gasteiger partial charge in [0, 0.05) is 0 Å². The Hall–Kier alpha value is -2.23. The minimum atomic E-state index is -2.33. The zero-order valence-electron chi connectivity index (χ0n) is 11.1. The molecule has 0 heterocycles. The fraction of sp³-hybridized carbons (Fsp3) is 0.167. The summed E-state index contributed by atoms with van der Waals surface area (Å²) in [4.78, 5) is 23.3. The maximum Gasteiger partial charge on any atom is 0.343 e. The van der Waals surface area contributed by atoms with Crippen LogP contribution in [0.1, 0.15) is 17.3 Å². The van der Waals surface area contributed by atoms with E-state index in [2.05, 4.69) is 4.74 Å². The predicted octanol–water partition coefficient (Wildman–Crippen LogP) is 3.60. The highest BCUT2D eigenvalue weighted by molar-refractivity contribution is 6.32. The van der Waals surface area contributed by atoms with Crippen molar-refractivity contribution in [3.63, 3.8) is 0 Å². The molecule has 23 heavy (non-hydrogen) atoms. The zero-order valence-corrected chi connectivity index (χ0v) is 11.9. The molecule has 1 rings (SSSR count). The van der Waals surface area contributed by atoms with Gasteiger partial charge in [-0.1, -0.05) is 20.6 Å². The molecule has 1 aromatic carbocycles. The van der Waals surface area contributed by atoms with Crippen molar-refractivity contribution < 1.29 is 40.9 Å². The number of rotatable bonds is 5. The molecule has 0 fully saturated rings. The summed E-state index contributed by atoms with van der Waals surface area (Å²) < 4.78 is 82.3. The number of hydrogen-bond donors (Lipinski definition) is 0. The molecular formula is C12H6ClF6NO3. The summed E-state index contributed by atoms with van der Waals surface area (Å²) in [6.07, 6.45) is -0.394. The van der Waals surface area contributed by atoms with E-state index in [1.54, 1.807) is 0 Å². The number of benzene rings is 1. The van der Waals surface area contributed by atoms with E-state index in [4.69, 9.17) is 11.6 Å². The topological polar surface area (TPSA) is 46.6 Å². The van der Waals surface area contributed by atoms with Crippen molar-refractivity contribution in [1.29, 1.82) is 0 Å². The van der Waals surface area contributed by atoms with Crippen LogP contribution >= 0.6 is 11.6 Å². The van der Waals surface area contributed by atoms with Gasteiger partial charge in [0.05, 0.1) is 18.4 Å². The Labute approximate surface area is 129 Å². The number of hydrogen-bond acceptors (Lipinski definition) is 4. The molecule has 0 unspecified atom stereocenters. The van der Waals surface area contributed by atoms with Crippen molar-refractivity contribution in [1.82, 2.24) is 5.34 Å². The Morgan fingerprint density at radius 2 is 1.65 bits per heavy atom. The average molecular weight is 362 g/mol. The quantitative estimate of drug-likeness (QED) is 0.0925. The largest absolute Gasteiger partial charge is 0.462 e. The lowest BCUT2D eigenvalue weighted by Crippen LogP contribution is -2.21. The molecule has 0 saturated heterocycles. The highest BCUT2D eigenvalue weighted by Crippen LogP contribution is 2.29. The number of carbonyl (C=O) groups excluding carboxylic acids is 2. The second-order valence-electron chi connectivity index (χ2n) is 3.80. The van der Waals surface area contributed by atoms with Crippen LogP contribution in [-0.2, 0) is 9.53 Å². The molecule has 11 heteroatoms. The molecule has 4 nitrogen and oxygen atoms in total. The summed E-state index contributed by atoms with van der Waals surface area (Å²) in [7, 11) is 0. The maximum absolute atomic E-state index is 13.7. The lowest BCUT2D eigenvalue weighted by Gasteiger charge is -2.10. The number of carbonyl (C=O) groups is 2. The summed E-state index contributed by atoms with van der Waals surface area (Å²) >= 11 is 5.05. The van der Waals surface area contributed by atoms with Crippen LogP contribution in [0.5, 0.6) is 0 Å². The number of halogens is 7. The SMILES string of the molecule is CCOC(=O)/C(=C\N(F)F)C(=O)c1c(F)c(F)c(F)c(Cl)c1F. The Bertz CT molecular complexity index is 663. The summed E-state index contributed by atoms with van der Waals surface area (Å²) in [6.45, 7) is 0.907. The first-order valence-electron chi connectivity index (χ1n) is 5.69. The number of Topliss-reactive ketones (excluding diaryl/α,β-unsaturated/α-hetero) is 1. The summed E-state index contributed by atoms with van der Waals surface area (Å²) in [6, 6.07) is 0. The number of ketones is 1. The van der Waals surface area contributed by atoms with Crippen LogP contribution < -0.4 is 0 Å². The van der Waals surface area contributed by atoms with Gasteiger partial charge in [0.25, 0.3) is 0 Å². The Morgan fingerprint density at radius 3 is 2.13 bits per heavy atom. The van der Waals surface area contributed by atoms with E-state index >= 15 is 0 Å². The molecule has 0 aliphatic carbocycles. The summed E-state index contributed by atoms with van der Waals surface area (Å²) in [5.41, 5.74) is -3.33. The van der Waals surface area contributed by atoms with Gasteiger partial charge in [-0.05, 0) is 12.3 Å². The van der Waals surface area contributed by atoms with Crippen molar-refractivity contribution in [2.45, 2.75) is 6.92 Å². The van der Waals surface area contributed by atoms with Crippen LogP contribution in [-0.4, -0.2) is 23.7 Å². The molecule has 1 aromatic rings. The first kappa shape index (κ1) is 18.8. The Kier molecular flexibility index (Phi) is 6.02. The number of esters is 1. The van der Waals surface area contributed by atoms with E-state index in [-0.39, 0.29) is 6.61 Å². The minimum Gasteiger partial charge on any atom is -0.462 e. The third-order valence-corrected chi connectivity index (χ3v) is 2.74. The van der Waals surface area contributed by atoms with Gasteiger partial charge < -0.3 is 4.74 Å². The van der Waals surface area contributed by atoms with Crippen molar-refractivity contribution in [3.8, 4) is 0 Å². The lowest BCUT2D eigenvalue weighted by molar-refractivity contribution is -0.139. The van der Waals surface area contributed by atoms with Gasteiger partial charge in [-0.25, -0.2) is 22.4 Å². The highest BCUT2D eigenvalue weighted by atomic mass is 35.5. The van der Waals surface area contributed by atoms with E-state index in [1.807, 2.05) is 0 Å². The van der Waals surface area contributed by atoms with E-state index in [1.165, 1.54) is 6.92 Å². The first-order valence-corrected chi connectivity index (χ1v) is 6.07. The van der Waals surface area contributed by atoms with E-state index in [0.717, 1.165) is 0 Å². The second-order valence-corrected chi connectivity index (χ2v) is 4.17. The first-order chi connectivity index (χ1) is 10.6. The highest BCUT2D eigenvalue weighted by Gasteiger charge is 2.33. The zero-order chi connectivity index (χ0) is 17.9. The van der Waals surface area contributed by atoms with Crippen LogP contribution in [0.15, 0.2) is 11.8 Å². The predicted molar refractivity (Wildman–Crippen MR) is 64.4 cm³/mol. The molecule has 0 N–H and O–H groups in total. The van der Waals surface area contributed by atoms with Crippen molar-refractivity contribution in [2.24, 2.45) is 0 Å². The van der Waals surface area contributed by atoms with Gasteiger partial charge >= 0.3 is 5.97 Å². The standard InChI is InChI=1S/C12H6ClF6NO3/c1-2-23-12(22)4(3-20(18)19)11(21)5-7(14)6(13)9(16)10(17)8(5)15/h3H,2H2,1H3/b4-3-. The molecule has 0 aromatic heterocycles. The molecule has 0 saturated carbocycles. The molecule has 0 atom stereocenters. The van der Waals surface area contributed by atoms with Gasteiger partial charge in [0.2, 0.25) is 5.78 Å². The van der Waals surface area contributed by atoms with Gasteiger partial charge in [-0.3, -0.25) is 4.79 Å². The molecule has 126 valence electrons. The Morgan fingerprint density at radius 1 is 1.09 bits per heavy atom. The molecule has 0 aliphatic rings. The average Bonchev–Trinajstić information content (AvgIpc) is 2.48. The van der Waals surface area contributed by atoms with Crippen molar-refractivity contribution in [2.75, 3.05) is 6.61 Å². The fourth-order valence-electron chi connectivity index (χ4n) is 1.45. The van der Waals surface area contributed by atoms with E-state index in [0.29, 0.717) is 0 Å². The molecule has 0 spiro atoms. The number of ether oxygens (including phenoxy) is 1. The van der Waals surface area contributed by atoms with E-state index in [9.17, 15) is 36.1 Å². The van der Waals surface area contributed by atoms with Crippen molar-refractivity contribution >= 4 is 23.4 Å². The second kappa shape index (κ2) is 7.36. The van der Waals surface area contributed by atoms with Gasteiger partial charge in [-0.15, -0.1) is 0 Å². The summed E-state index contributed by atoms with van der Waals surface area (Å²) in [5, 5.41) is -3.34. The lowest BCUT2D eigenvalue weighted by atomic mass is 10.0. The summed E-state index contributed by atoms with van der Waals surface area (Å²) in [5.74, 6) is -12.4. The monoisotopic (exact) mass is 361 g/mol. The maximum atomic E-state index is 13.7. The van der Waals surface area contributed by atoms with Crippen molar-refractivity contribution in [3.05, 3.63) is 45.6 Å². The van der Waals surface area contributed by atoms with Crippen LogP contribution in [0.4, 0.5) is 26.5 Å². The number of nitrogens with zero attached hydrogens (tertiary/aromatic N) is 1.